The van der Waals surface area contributed by atoms with Gasteiger partial charge in [-0.15, -0.1) is 0 Å². The van der Waals surface area contributed by atoms with Crippen molar-refractivity contribution in [2.45, 2.75) is 12.8 Å². The number of rotatable bonds is 2. The Balaban J connectivity index is 2.06. The SMILES string of the molecule is CN(c1ccccc1)c1cccc2c1C=CCC2. The second-order valence-corrected chi connectivity index (χ2v) is 4.69. The Morgan fingerprint density at radius 2 is 1.78 bits per heavy atom. The van der Waals surface area contributed by atoms with E-state index in [1.807, 2.05) is 0 Å². The lowest BCUT2D eigenvalue weighted by Crippen LogP contribution is -2.12. The number of hydrogen-bond acceptors (Lipinski definition) is 1. The second kappa shape index (κ2) is 4.69. The third kappa shape index (κ3) is 1.92. The third-order valence-corrected chi connectivity index (χ3v) is 3.54. The van der Waals surface area contributed by atoms with Gasteiger partial charge in [-0.2, -0.15) is 0 Å². The molecule has 0 spiro atoms. The minimum atomic E-state index is 1.16. The molecule has 0 saturated heterocycles. The lowest BCUT2D eigenvalue weighted by Gasteiger charge is -2.24. The fourth-order valence-corrected chi connectivity index (χ4v) is 2.53. The predicted molar refractivity (Wildman–Crippen MR) is 78.3 cm³/mol. The van der Waals surface area contributed by atoms with Crippen LogP contribution in [0.1, 0.15) is 17.5 Å². The first-order valence-electron chi connectivity index (χ1n) is 6.43. The van der Waals surface area contributed by atoms with Crippen molar-refractivity contribution in [2.24, 2.45) is 0 Å². The van der Waals surface area contributed by atoms with Gasteiger partial charge in [0.05, 0.1) is 0 Å². The predicted octanol–water partition coefficient (Wildman–Crippen LogP) is 4.41. The molecular weight excluding hydrogens is 218 g/mol. The fraction of sp³-hybridized carbons (Fsp3) is 0.176. The Hall–Kier alpha value is -2.02. The summed E-state index contributed by atoms with van der Waals surface area (Å²) in [5.41, 5.74) is 5.34. The molecule has 18 heavy (non-hydrogen) atoms. The molecule has 90 valence electrons. The Labute approximate surface area is 108 Å². The average Bonchev–Trinajstić information content (AvgIpc) is 2.47. The normalized spacial score (nSPS) is 13.2. The molecule has 1 nitrogen and oxygen atoms in total. The van der Waals surface area contributed by atoms with E-state index >= 15 is 0 Å². The van der Waals surface area contributed by atoms with Gasteiger partial charge in [-0.25, -0.2) is 0 Å². The van der Waals surface area contributed by atoms with Crippen LogP contribution in [0.5, 0.6) is 0 Å². The van der Waals surface area contributed by atoms with Gasteiger partial charge in [-0.05, 0) is 36.6 Å². The highest BCUT2D eigenvalue weighted by Gasteiger charge is 2.12. The van der Waals surface area contributed by atoms with Crippen molar-refractivity contribution in [1.29, 1.82) is 0 Å². The molecule has 0 N–H and O–H groups in total. The van der Waals surface area contributed by atoms with Crippen molar-refractivity contribution in [3.05, 3.63) is 65.7 Å². The van der Waals surface area contributed by atoms with Crippen molar-refractivity contribution in [2.75, 3.05) is 11.9 Å². The van der Waals surface area contributed by atoms with E-state index in [1.54, 1.807) is 0 Å². The van der Waals surface area contributed by atoms with E-state index in [9.17, 15) is 0 Å². The molecule has 0 radical (unpaired) electrons. The van der Waals surface area contributed by atoms with Gasteiger partial charge >= 0.3 is 0 Å². The lowest BCUT2D eigenvalue weighted by atomic mass is 9.95. The summed E-state index contributed by atoms with van der Waals surface area (Å²) in [6, 6.07) is 17.1. The summed E-state index contributed by atoms with van der Waals surface area (Å²) in [5.74, 6) is 0. The standard InChI is InChI=1S/C17H17N/c1-18(15-10-3-2-4-11-15)17-13-7-9-14-8-5-6-12-16(14)17/h2-4,6-7,9-13H,5,8H2,1H3. The largest absolute Gasteiger partial charge is 0.344 e. The molecule has 0 bridgehead atoms. The first-order chi connectivity index (χ1) is 8.86. The van der Waals surface area contributed by atoms with Gasteiger partial charge in [0.25, 0.3) is 0 Å². The maximum absolute atomic E-state index is 2.27. The number of benzene rings is 2. The smallest absolute Gasteiger partial charge is 0.0484 e. The van der Waals surface area contributed by atoms with Gasteiger partial charge in [-0.1, -0.05) is 42.5 Å². The van der Waals surface area contributed by atoms with Gasteiger partial charge < -0.3 is 4.90 Å². The van der Waals surface area contributed by atoms with Crippen LogP contribution < -0.4 is 4.90 Å². The lowest BCUT2D eigenvalue weighted by molar-refractivity contribution is 0.982. The molecule has 0 aliphatic heterocycles. The van der Waals surface area contributed by atoms with Crippen molar-refractivity contribution in [1.82, 2.24) is 0 Å². The van der Waals surface area contributed by atoms with E-state index in [4.69, 9.17) is 0 Å². The summed E-state index contributed by atoms with van der Waals surface area (Å²) >= 11 is 0. The molecule has 1 heteroatoms. The number of hydrogen-bond donors (Lipinski definition) is 0. The highest BCUT2D eigenvalue weighted by molar-refractivity contribution is 5.76. The van der Waals surface area contributed by atoms with Gasteiger partial charge in [0, 0.05) is 24.0 Å². The Bertz CT molecular complexity index is 569. The monoisotopic (exact) mass is 235 g/mol. The first-order valence-corrected chi connectivity index (χ1v) is 6.43. The van der Waals surface area contributed by atoms with E-state index in [0.29, 0.717) is 0 Å². The van der Waals surface area contributed by atoms with Crippen molar-refractivity contribution < 1.29 is 0 Å². The number of para-hydroxylation sites is 1. The van der Waals surface area contributed by atoms with Crippen LogP contribution in [0.4, 0.5) is 11.4 Å². The van der Waals surface area contributed by atoms with Crippen LogP contribution in [0.3, 0.4) is 0 Å². The minimum Gasteiger partial charge on any atom is -0.344 e. The molecule has 3 rings (SSSR count). The van der Waals surface area contributed by atoms with Crippen LogP contribution in [0.25, 0.3) is 6.08 Å². The zero-order valence-corrected chi connectivity index (χ0v) is 10.6. The molecule has 1 aliphatic rings. The number of fused-ring (bicyclic) bond motifs is 1. The van der Waals surface area contributed by atoms with Crippen LogP contribution >= 0.6 is 0 Å². The van der Waals surface area contributed by atoms with Crippen LogP contribution in [-0.4, -0.2) is 7.05 Å². The number of aryl methyl sites for hydroxylation is 1. The van der Waals surface area contributed by atoms with Gasteiger partial charge in [0.15, 0.2) is 0 Å². The van der Waals surface area contributed by atoms with E-state index in [1.165, 1.54) is 22.5 Å². The van der Waals surface area contributed by atoms with E-state index < -0.39 is 0 Å². The molecule has 0 heterocycles. The summed E-state index contributed by atoms with van der Waals surface area (Å²) < 4.78 is 0. The van der Waals surface area contributed by atoms with Crippen LogP contribution in [-0.2, 0) is 6.42 Å². The quantitative estimate of drug-likeness (QED) is 0.745. The topological polar surface area (TPSA) is 3.24 Å². The summed E-state index contributed by atoms with van der Waals surface area (Å²) in [5, 5.41) is 0. The average molecular weight is 235 g/mol. The summed E-state index contributed by atoms with van der Waals surface area (Å²) in [6.45, 7) is 0. The van der Waals surface area contributed by atoms with E-state index in [-0.39, 0.29) is 0 Å². The number of allylic oxidation sites excluding steroid dienone is 1. The molecule has 0 amide bonds. The van der Waals surface area contributed by atoms with Crippen molar-refractivity contribution >= 4 is 17.5 Å². The van der Waals surface area contributed by atoms with Crippen molar-refractivity contribution in [3.63, 3.8) is 0 Å². The number of nitrogens with zero attached hydrogens (tertiary/aromatic N) is 1. The zero-order valence-electron chi connectivity index (χ0n) is 10.6. The van der Waals surface area contributed by atoms with Crippen molar-refractivity contribution in [3.8, 4) is 0 Å². The van der Waals surface area contributed by atoms with Gasteiger partial charge in [0.1, 0.15) is 0 Å². The molecule has 0 saturated carbocycles. The van der Waals surface area contributed by atoms with Gasteiger partial charge in [0.2, 0.25) is 0 Å². The van der Waals surface area contributed by atoms with E-state index in [0.717, 1.165) is 12.8 Å². The second-order valence-electron chi connectivity index (χ2n) is 4.69. The Kier molecular flexibility index (Phi) is 2.89. The van der Waals surface area contributed by atoms with E-state index in [2.05, 4.69) is 72.6 Å². The molecular formula is C17H17N. The summed E-state index contributed by atoms with van der Waals surface area (Å²) in [7, 11) is 2.13. The van der Waals surface area contributed by atoms with Crippen LogP contribution in [0.15, 0.2) is 54.6 Å². The maximum Gasteiger partial charge on any atom is 0.0484 e. The molecule has 0 fully saturated rings. The maximum atomic E-state index is 2.27. The third-order valence-electron chi connectivity index (χ3n) is 3.54. The number of anilines is 2. The molecule has 2 aromatic carbocycles. The van der Waals surface area contributed by atoms with Crippen LogP contribution in [0, 0.1) is 0 Å². The Morgan fingerprint density at radius 1 is 0.944 bits per heavy atom. The molecule has 1 aliphatic carbocycles. The molecule has 0 unspecified atom stereocenters. The zero-order chi connectivity index (χ0) is 12.4. The highest BCUT2D eigenvalue weighted by atomic mass is 15.1. The molecule has 2 aromatic rings. The summed E-state index contributed by atoms with van der Waals surface area (Å²) in [6.07, 6.45) is 6.84. The van der Waals surface area contributed by atoms with Crippen LogP contribution in [0.2, 0.25) is 0 Å². The first kappa shape index (κ1) is 11.1. The van der Waals surface area contributed by atoms with Gasteiger partial charge in [-0.3, -0.25) is 0 Å². The summed E-state index contributed by atoms with van der Waals surface area (Å²) in [4.78, 5) is 2.26. The molecule has 0 atom stereocenters. The fourth-order valence-electron chi connectivity index (χ4n) is 2.53. The Morgan fingerprint density at radius 3 is 2.61 bits per heavy atom. The highest BCUT2D eigenvalue weighted by Crippen LogP contribution is 2.32. The minimum absolute atomic E-state index is 1.16. The molecule has 0 aromatic heterocycles.